The Morgan fingerprint density at radius 2 is 1.68 bits per heavy atom. The van der Waals surface area contributed by atoms with Crippen molar-refractivity contribution in [1.29, 1.82) is 0 Å². The van der Waals surface area contributed by atoms with Crippen LogP contribution in [0.25, 0.3) is 10.9 Å². The van der Waals surface area contributed by atoms with Gasteiger partial charge in [0.05, 0.1) is 6.54 Å². The SMILES string of the molecule is O=C(c1ccccc1)N1CC(COc2ccccc2)OC(c2c[nH]c3ccccc23)O1. The fourth-order valence-electron chi connectivity index (χ4n) is 3.66. The van der Waals surface area contributed by atoms with Gasteiger partial charge in [-0.3, -0.25) is 4.79 Å². The highest BCUT2D eigenvalue weighted by Gasteiger charge is 2.35. The molecule has 1 aromatic heterocycles. The number of aromatic nitrogens is 1. The predicted molar refractivity (Wildman–Crippen MR) is 116 cm³/mol. The lowest BCUT2D eigenvalue weighted by molar-refractivity contribution is -0.325. The number of nitrogens with zero attached hydrogens (tertiary/aromatic N) is 1. The van der Waals surface area contributed by atoms with E-state index in [0.717, 1.165) is 22.2 Å². The first-order valence-corrected chi connectivity index (χ1v) is 10.2. The number of carbonyl (C=O) groups excluding carboxylic acids is 1. The van der Waals surface area contributed by atoms with Crippen molar-refractivity contribution >= 4 is 16.8 Å². The molecule has 1 amide bonds. The average Bonchev–Trinajstić information content (AvgIpc) is 3.28. The van der Waals surface area contributed by atoms with Crippen LogP contribution in [0.5, 0.6) is 5.75 Å². The molecule has 1 aliphatic rings. The van der Waals surface area contributed by atoms with E-state index >= 15 is 0 Å². The van der Waals surface area contributed by atoms with Gasteiger partial charge in [-0.05, 0) is 30.3 Å². The number of carbonyl (C=O) groups is 1. The van der Waals surface area contributed by atoms with Gasteiger partial charge in [0.25, 0.3) is 5.91 Å². The lowest BCUT2D eigenvalue weighted by Crippen LogP contribution is -2.47. The normalized spacial score (nSPS) is 18.8. The van der Waals surface area contributed by atoms with Gasteiger partial charge < -0.3 is 14.5 Å². The van der Waals surface area contributed by atoms with Crippen LogP contribution in [0.1, 0.15) is 22.2 Å². The maximum absolute atomic E-state index is 13.1. The Balaban J connectivity index is 1.41. The second-order valence-electron chi connectivity index (χ2n) is 7.34. The predicted octanol–water partition coefficient (Wildman–Crippen LogP) is 4.72. The van der Waals surface area contributed by atoms with Crippen molar-refractivity contribution in [2.45, 2.75) is 12.4 Å². The van der Waals surface area contributed by atoms with Gasteiger partial charge in [0.1, 0.15) is 18.5 Å². The Kier molecular flexibility index (Phi) is 5.39. The summed E-state index contributed by atoms with van der Waals surface area (Å²) in [6.07, 6.45) is 0.767. The van der Waals surface area contributed by atoms with Crippen molar-refractivity contribution in [3.05, 3.63) is 102 Å². The molecule has 3 aromatic carbocycles. The van der Waals surface area contributed by atoms with Crippen molar-refractivity contribution in [1.82, 2.24) is 10.0 Å². The lowest BCUT2D eigenvalue weighted by Gasteiger charge is -2.37. The minimum absolute atomic E-state index is 0.210. The molecule has 6 nitrogen and oxygen atoms in total. The molecule has 1 fully saturated rings. The summed E-state index contributed by atoms with van der Waals surface area (Å²) in [6.45, 7) is 0.560. The zero-order chi connectivity index (χ0) is 21.0. The molecule has 2 unspecified atom stereocenters. The van der Waals surface area contributed by atoms with Crippen molar-refractivity contribution in [2.24, 2.45) is 0 Å². The number of aromatic amines is 1. The molecule has 2 heterocycles. The number of hydrogen-bond donors (Lipinski definition) is 1. The minimum atomic E-state index is -0.734. The maximum Gasteiger partial charge on any atom is 0.277 e. The summed E-state index contributed by atoms with van der Waals surface area (Å²) in [5.41, 5.74) is 2.38. The van der Waals surface area contributed by atoms with Gasteiger partial charge in [-0.1, -0.05) is 54.6 Å². The summed E-state index contributed by atoms with van der Waals surface area (Å²) < 4.78 is 12.1. The first-order chi connectivity index (χ1) is 15.3. The van der Waals surface area contributed by atoms with Crippen LogP contribution in [0.4, 0.5) is 0 Å². The van der Waals surface area contributed by atoms with E-state index in [0.29, 0.717) is 12.2 Å². The molecule has 6 heteroatoms. The van der Waals surface area contributed by atoms with E-state index < -0.39 is 6.29 Å². The summed E-state index contributed by atoms with van der Waals surface area (Å²) >= 11 is 0. The molecule has 5 rings (SSSR count). The maximum atomic E-state index is 13.1. The third-order valence-corrected chi connectivity index (χ3v) is 5.21. The van der Waals surface area contributed by atoms with Crippen molar-refractivity contribution in [2.75, 3.05) is 13.2 Å². The summed E-state index contributed by atoms with van der Waals surface area (Å²) in [7, 11) is 0. The monoisotopic (exact) mass is 414 g/mol. The zero-order valence-electron chi connectivity index (χ0n) is 16.8. The van der Waals surface area contributed by atoms with E-state index in [1.54, 1.807) is 12.1 Å². The zero-order valence-corrected chi connectivity index (χ0v) is 16.8. The lowest BCUT2D eigenvalue weighted by atomic mass is 10.1. The fraction of sp³-hybridized carbons (Fsp3) is 0.160. The van der Waals surface area contributed by atoms with Crippen molar-refractivity contribution < 1.29 is 19.1 Å². The van der Waals surface area contributed by atoms with Crippen LogP contribution in [-0.2, 0) is 9.57 Å². The number of H-pyrrole nitrogens is 1. The first kappa shape index (κ1) is 19.4. The smallest absolute Gasteiger partial charge is 0.277 e. The van der Waals surface area contributed by atoms with E-state index in [1.807, 2.05) is 79.0 Å². The number of fused-ring (bicyclic) bond motifs is 1. The number of rotatable bonds is 5. The topological polar surface area (TPSA) is 63.8 Å². The summed E-state index contributed by atoms with van der Waals surface area (Å²) in [4.78, 5) is 22.4. The third-order valence-electron chi connectivity index (χ3n) is 5.21. The first-order valence-electron chi connectivity index (χ1n) is 10.2. The minimum Gasteiger partial charge on any atom is -0.491 e. The van der Waals surface area contributed by atoms with E-state index in [9.17, 15) is 4.79 Å². The molecule has 1 saturated heterocycles. The molecular weight excluding hydrogens is 392 g/mol. The van der Waals surface area contributed by atoms with Gasteiger partial charge in [-0.15, -0.1) is 0 Å². The number of amides is 1. The van der Waals surface area contributed by atoms with E-state index in [2.05, 4.69) is 4.98 Å². The Labute approximate surface area is 179 Å². The van der Waals surface area contributed by atoms with Crippen molar-refractivity contribution in [3.8, 4) is 5.75 Å². The average molecular weight is 414 g/mol. The Bertz CT molecular complexity index is 1160. The van der Waals surface area contributed by atoms with Crippen LogP contribution in [-0.4, -0.2) is 35.2 Å². The highest BCUT2D eigenvalue weighted by Crippen LogP contribution is 2.32. The van der Waals surface area contributed by atoms with Crippen LogP contribution < -0.4 is 4.74 Å². The number of nitrogens with one attached hydrogen (secondary N) is 1. The van der Waals surface area contributed by atoms with Crippen LogP contribution in [0.2, 0.25) is 0 Å². The number of hydrogen-bond acceptors (Lipinski definition) is 4. The van der Waals surface area contributed by atoms with Gasteiger partial charge in [0, 0.05) is 28.2 Å². The second-order valence-corrected chi connectivity index (χ2v) is 7.34. The molecule has 156 valence electrons. The van der Waals surface area contributed by atoms with Crippen molar-refractivity contribution in [3.63, 3.8) is 0 Å². The largest absolute Gasteiger partial charge is 0.491 e. The molecular formula is C25H22N2O4. The molecule has 1 aliphatic heterocycles. The Hall–Kier alpha value is -3.61. The molecule has 0 bridgehead atoms. The van der Waals surface area contributed by atoms with Crippen LogP contribution in [0.15, 0.2) is 91.1 Å². The van der Waals surface area contributed by atoms with Gasteiger partial charge >= 0.3 is 0 Å². The van der Waals surface area contributed by atoms with Gasteiger partial charge in [0.2, 0.25) is 6.29 Å². The molecule has 0 aliphatic carbocycles. The fourth-order valence-corrected chi connectivity index (χ4v) is 3.66. The van der Waals surface area contributed by atoms with Gasteiger partial charge in [0.15, 0.2) is 0 Å². The molecule has 0 radical (unpaired) electrons. The molecule has 1 N–H and O–H groups in total. The molecule has 0 saturated carbocycles. The quantitative estimate of drug-likeness (QED) is 0.513. The van der Waals surface area contributed by atoms with Gasteiger partial charge in [-0.25, -0.2) is 9.90 Å². The molecule has 4 aromatic rings. The van der Waals surface area contributed by atoms with Gasteiger partial charge in [-0.2, -0.15) is 0 Å². The highest BCUT2D eigenvalue weighted by atomic mass is 16.8. The number of hydroxylamine groups is 2. The highest BCUT2D eigenvalue weighted by molar-refractivity contribution is 5.93. The summed E-state index contributed by atoms with van der Waals surface area (Å²) in [5.74, 6) is 0.542. The second kappa shape index (κ2) is 8.63. The third kappa shape index (κ3) is 4.17. The summed E-state index contributed by atoms with van der Waals surface area (Å²) in [6, 6.07) is 26.6. The Morgan fingerprint density at radius 3 is 2.48 bits per heavy atom. The number of benzene rings is 3. The number of para-hydroxylation sites is 2. The van der Waals surface area contributed by atoms with E-state index in [4.69, 9.17) is 14.3 Å². The molecule has 2 atom stereocenters. The molecule has 0 spiro atoms. The van der Waals surface area contributed by atoms with E-state index in [1.165, 1.54) is 5.06 Å². The molecule has 31 heavy (non-hydrogen) atoms. The summed E-state index contributed by atoms with van der Waals surface area (Å²) in [5, 5.41) is 2.37. The van der Waals surface area contributed by atoms with Crippen LogP contribution in [0.3, 0.4) is 0 Å². The standard InChI is InChI=1S/C25H22N2O4/c28-24(18-9-3-1-4-10-18)27-16-20(17-29-19-11-5-2-6-12-19)30-25(31-27)22-15-26-23-14-8-7-13-21(22)23/h1-15,20,25-26H,16-17H2. The van der Waals surface area contributed by atoms with Crippen LogP contribution >= 0.6 is 0 Å². The Morgan fingerprint density at radius 1 is 0.968 bits per heavy atom. The van der Waals surface area contributed by atoms with Crippen LogP contribution in [0, 0.1) is 0 Å². The number of ether oxygens (including phenoxy) is 2. The van der Waals surface area contributed by atoms with E-state index in [-0.39, 0.29) is 18.6 Å².